The van der Waals surface area contributed by atoms with E-state index in [0.717, 1.165) is 19.9 Å². The van der Waals surface area contributed by atoms with Gasteiger partial charge in [-0.05, 0) is 118 Å². The Kier molecular flexibility index (Phi) is 16.7. The molecule has 4 aromatic rings. The van der Waals surface area contributed by atoms with E-state index in [2.05, 4.69) is 16.9 Å². The van der Waals surface area contributed by atoms with E-state index in [-0.39, 0.29) is 109 Å². The van der Waals surface area contributed by atoms with Gasteiger partial charge in [0.15, 0.2) is 0 Å². The van der Waals surface area contributed by atoms with Crippen molar-refractivity contribution in [3.63, 3.8) is 0 Å². The van der Waals surface area contributed by atoms with Crippen LogP contribution in [0.15, 0.2) is 121 Å². The third-order valence-corrected chi connectivity index (χ3v) is 26.3. The first-order valence-corrected chi connectivity index (χ1v) is 32.2. The molecule has 0 spiro atoms. The van der Waals surface area contributed by atoms with Gasteiger partial charge in [0.1, 0.15) is 17.4 Å². The van der Waals surface area contributed by atoms with Gasteiger partial charge in [-0.1, -0.05) is 35.0 Å². The Morgan fingerprint density at radius 1 is 0.695 bits per heavy atom. The first-order valence-electron chi connectivity index (χ1n) is 23.1. The van der Waals surface area contributed by atoms with Crippen molar-refractivity contribution >= 4 is 93.6 Å². The Morgan fingerprint density at radius 3 is 1.82 bits per heavy atom. The van der Waals surface area contributed by atoms with E-state index in [1.807, 2.05) is 0 Å². The molecule has 2 aliphatic heterocycles. The molecule has 0 unspecified atom stereocenters. The standard InChI is InChI=1S/C48H43F9N4O15S6/c1-25(2)44(62)75-32-17-19-61(20-18-32)81(71,72)40-10-8-7-9-36(40)41-34-14-12-30(58-42-27(4)21-33(22-28(42)5)77(63,64)45(78(65,66)46(49,50)51)79(67,68)47(52,53)54)23-37(34)76-38-24-31(13-15-35(38)41)59-43-26(3)11-16-39(29(43)6)80(69,70)60-82(73,74)48(55,56)57/h7-16,21-24,32,45,59-60H,1,17-20H2,2-6H3. The number of sulfone groups is 3. The predicted octanol–water partition coefficient (Wildman–Crippen LogP) is 8.74. The Labute approximate surface area is 462 Å². The number of alkyl halides is 9. The lowest BCUT2D eigenvalue weighted by Crippen LogP contribution is -2.49. The first-order chi connectivity index (χ1) is 37.5. The number of carbonyl (C=O) groups excluding carboxylic acids is 1. The van der Waals surface area contributed by atoms with Crippen LogP contribution < -0.4 is 14.8 Å². The quantitative estimate of drug-likeness (QED) is 0.0420. The molecule has 82 heavy (non-hydrogen) atoms. The highest BCUT2D eigenvalue weighted by atomic mass is 32.3. The zero-order chi connectivity index (χ0) is 61.5. The summed E-state index contributed by atoms with van der Waals surface area (Å²) >= 11 is 0. The number of ether oxygens (including phenoxy) is 1. The summed E-state index contributed by atoms with van der Waals surface area (Å²) in [5.74, 6) is -0.759. The molecule has 2 heterocycles. The van der Waals surface area contributed by atoms with E-state index >= 15 is 0 Å². The summed E-state index contributed by atoms with van der Waals surface area (Å²) in [6, 6.07) is 16.9. The van der Waals surface area contributed by atoms with E-state index in [4.69, 9.17) is 9.15 Å². The number of hydrogen-bond acceptors (Lipinski definition) is 17. The Morgan fingerprint density at radius 2 is 1.27 bits per heavy atom. The molecule has 3 aliphatic rings. The molecule has 444 valence electrons. The summed E-state index contributed by atoms with van der Waals surface area (Å²) in [5.41, 5.74) is -19.9. The third-order valence-electron chi connectivity index (χ3n) is 12.6. The van der Waals surface area contributed by atoms with Crippen molar-refractivity contribution < 1.29 is 104 Å². The number of fused-ring (bicyclic) bond motifs is 2. The molecule has 19 nitrogen and oxygen atoms in total. The number of aryl methyl sites for hydroxylation is 3. The zero-order valence-electron chi connectivity index (χ0n) is 42.6. The summed E-state index contributed by atoms with van der Waals surface area (Å²) in [4.78, 5) is 14.0. The van der Waals surface area contributed by atoms with Gasteiger partial charge in [0.2, 0.25) is 19.9 Å². The van der Waals surface area contributed by atoms with Gasteiger partial charge in [0.05, 0.1) is 25.7 Å². The number of carbonyl (C=O) groups is 1. The van der Waals surface area contributed by atoms with E-state index in [9.17, 15) is 94.8 Å². The van der Waals surface area contributed by atoms with Gasteiger partial charge < -0.3 is 14.5 Å². The number of nitrogens with one attached hydrogen (secondary N) is 2. The van der Waals surface area contributed by atoms with Crippen LogP contribution in [0, 0.1) is 27.7 Å². The van der Waals surface area contributed by atoms with Crippen molar-refractivity contribution in [2.75, 3.05) is 18.4 Å². The molecule has 1 aliphatic carbocycles. The Hall–Kier alpha value is -6.43. The molecule has 7 rings (SSSR count). The first kappa shape index (κ1) is 63.2. The van der Waals surface area contributed by atoms with Crippen molar-refractivity contribution in [2.45, 2.75) is 88.7 Å². The number of esters is 1. The zero-order valence-corrected chi connectivity index (χ0v) is 47.5. The number of benzene rings is 5. The van der Waals surface area contributed by atoms with Gasteiger partial charge >= 0.3 is 32.5 Å². The van der Waals surface area contributed by atoms with Crippen molar-refractivity contribution in [3.8, 4) is 22.5 Å². The molecule has 0 atom stereocenters. The second kappa shape index (κ2) is 21.6. The van der Waals surface area contributed by atoms with Crippen LogP contribution in [0.2, 0.25) is 0 Å². The highest BCUT2D eigenvalue weighted by molar-refractivity contribution is 8.24. The number of halogens is 9. The lowest BCUT2D eigenvalue weighted by atomic mass is 9.93. The van der Waals surface area contributed by atoms with Crippen LogP contribution >= 0.6 is 0 Å². The molecule has 0 radical (unpaired) electrons. The lowest BCUT2D eigenvalue weighted by molar-refractivity contribution is -0.145. The minimum absolute atomic E-state index is 0.0348. The van der Waals surface area contributed by atoms with E-state index in [1.54, 1.807) is 0 Å². The van der Waals surface area contributed by atoms with E-state index in [1.165, 1.54) is 91.8 Å². The van der Waals surface area contributed by atoms with Gasteiger partial charge in [-0.3, -0.25) is 0 Å². The lowest BCUT2D eigenvalue weighted by Gasteiger charge is -2.31. The van der Waals surface area contributed by atoms with Crippen LogP contribution in [0.25, 0.3) is 33.4 Å². The number of nitrogens with zero attached hydrogens (tertiary/aromatic N) is 2. The molecular weight excluding hydrogens is 1240 g/mol. The molecule has 0 bridgehead atoms. The van der Waals surface area contributed by atoms with Gasteiger partial charge in [-0.2, -0.15) is 43.8 Å². The highest BCUT2D eigenvalue weighted by Gasteiger charge is 2.68. The smallest absolute Gasteiger partial charge is 0.459 e. The molecule has 0 aromatic heterocycles. The predicted molar refractivity (Wildman–Crippen MR) is 278 cm³/mol. The van der Waals surface area contributed by atoms with Gasteiger partial charge in [-0.25, -0.2) is 60.3 Å². The molecular formula is C48H43F9N4O15S6. The second-order valence-electron chi connectivity index (χ2n) is 18.5. The van der Waals surface area contributed by atoms with Crippen molar-refractivity contribution in [3.05, 3.63) is 125 Å². The molecule has 0 saturated carbocycles. The van der Waals surface area contributed by atoms with Gasteiger partial charge in [0.25, 0.3) is 33.6 Å². The minimum Gasteiger partial charge on any atom is -0.459 e. The van der Waals surface area contributed by atoms with Crippen molar-refractivity contribution in [2.24, 2.45) is 4.99 Å². The van der Waals surface area contributed by atoms with Crippen LogP contribution in [-0.2, 0) is 69.1 Å². The van der Waals surface area contributed by atoms with Crippen molar-refractivity contribution in [1.82, 2.24) is 8.43 Å². The summed E-state index contributed by atoms with van der Waals surface area (Å²) in [6.45, 7) is 9.60. The number of piperidine rings is 1. The van der Waals surface area contributed by atoms with Crippen LogP contribution in [0.1, 0.15) is 42.0 Å². The van der Waals surface area contributed by atoms with Crippen molar-refractivity contribution in [1.29, 1.82) is 0 Å². The maximum atomic E-state index is 14.7. The number of sulfonamides is 3. The summed E-state index contributed by atoms with van der Waals surface area (Å²) in [5, 5.41) is 3.08. The highest BCUT2D eigenvalue weighted by Crippen LogP contribution is 2.46. The fourth-order valence-corrected chi connectivity index (χ4v) is 20.3. The monoisotopic (exact) mass is 1280 g/mol. The van der Waals surface area contributed by atoms with Crippen LogP contribution in [0.5, 0.6) is 0 Å². The summed E-state index contributed by atoms with van der Waals surface area (Å²) < 4.78 is 286. The van der Waals surface area contributed by atoms with Gasteiger partial charge in [-0.15, -0.1) is 0 Å². The average molecular weight is 1280 g/mol. The fraction of sp³-hybridized carbons (Fsp3) is 0.292. The molecule has 4 aromatic carbocycles. The molecule has 0 amide bonds. The van der Waals surface area contributed by atoms with E-state index < -0.39 is 102 Å². The van der Waals surface area contributed by atoms with Crippen LogP contribution in [-0.4, -0.2) is 100 Å². The Bertz CT molecular complexity index is 4320. The summed E-state index contributed by atoms with van der Waals surface area (Å²) in [7, 11) is -38.1. The summed E-state index contributed by atoms with van der Waals surface area (Å²) in [6.07, 6.45) is -0.394. The largest absolute Gasteiger partial charge is 0.512 e. The number of anilines is 2. The van der Waals surface area contributed by atoms with Crippen LogP contribution in [0.4, 0.5) is 56.6 Å². The molecule has 1 saturated heterocycles. The second-order valence-corrected chi connectivity index (χ2v) is 31.0. The van der Waals surface area contributed by atoms with Crippen LogP contribution in [0.3, 0.4) is 0 Å². The number of hydrogen-bond donors (Lipinski definition) is 2. The Balaban J connectivity index is 1.41. The maximum absolute atomic E-state index is 14.7. The van der Waals surface area contributed by atoms with E-state index in [0.29, 0.717) is 21.8 Å². The van der Waals surface area contributed by atoms with Gasteiger partial charge in [0, 0.05) is 64.2 Å². The topological polar surface area (TPSA) is 284 Å². The fourth-order valence-electron chi connectivity index (χ4n) is 8.70. The average Bonchev–Trinajstić information content (AvgIpc) is 2.45. The minimum atomic E-state index is -7.66. The molecule has 1 fully saturated rings. The number of rotatable bonds is 15. The maximum Gasteiger partial charge on any atom is 0.512 e. The molecule has 2 N–H and O–H groups in total. The normalized spacial score (nSPS) is 15.3. The third kappa shape index (κ3) is 11.9. The SMILES string of the molecule is C=C(C)C(=O)OC1CCN(S(=O)(=O)c2ccccc2-c2c3ccc(=Nc4c(C)cc(S(=O)(=O)C(S(=O)(=O)C(F)(F)F)S(=O)(=O)C(F)(F)F)cc4C)cc-3oc3cc(Nc4c(C)ccc(S(=O)(=O)NS(=O)(=O)C(F)(F)F)c4C)ccc23)CC1. The molecule has 34 heteroatoms.